The van der Waals surface area contributed by atoms with Crippen molar-refractivity contribution in [1.82, 2.24) is 0 Å². The highest BCUT2D eigenvalue weighted by atomic mass is 16.7. The minimum absolute atomic E-state index is 0.00838. The Hall–Kier alpha value is -2.34. The molecule has 0 saturated carbocycles. The van der Waals surface area contributed by atoms with E-state index in [-0.39, 0.29) is 18.4 Å². The van der Waals surface area contributed by atoms with E-state index in [0.29, 0.717) is 12.2 Å². The summed E-state index contributed by atoms with van der Waals surface area (Å²) in [4.78, 5) is 23.7. The zero-order chi connectivity index (χ0) is 17.6. The fraction of sp³-hybridized carbons (Fsp3) is 0.444. The first-order chi connectivity index (χ1) is 11.5. The van der Waals surface area contributed by atoms with Crippen LogP contribution in [-0.4, -0.2) is 36.5 Å². The van der Waals surface area contributed by atoms with Gasteiger partial charge in [0, 0.05) is 13.5 Å². The first-order valence-electron chi connectivity index (χ1n) is 7.97. The molecular weight excluding hydrogens is 312 g/mol. The molecule has 0 fully saturated rings. The van der Waals surface area contributed by atoms with Crippen molar-refractivity contribution >= 4 is 17.5 Å². The van der Waals surface area contributed by atoms with Crippen LogP contribution in [-0.2, 0) is 23.8 Å². The predicted molar refractivity (Wildman–Crippen MR) is 86.9 cm³/mol. The Morgan fingerprint density at radius 2 is 2.00 bits per heavy atom. The Morgan fingerprint density at radius 3 is 2.62 bits per heavy atom. The van der Waals surface area contributed by atoms with E-state index >= 15 is 0 Å². The summed E-state index contributed by atoms with van der Waals surface area (Å²) < 4.78 is 15.8. The van der Waals surface area contributed by atoms with Gasteiger partial charge in [0.2, 0.25) is 11.5 Å². The normalized spacial score (nSPS) is 20.2. The minimum Gasteiger partial charge on any atom is -0.501 e. The average Bonchev–Trinajstić information content (AvgIpc) is 2.85. The summed E-state index contributed by atoms with van der Waals surface area (Å²) in [6, 6.07) is 8.84. The molecule has 0 saturated heterocycles. The molecule has 1 aromatic carbocycles. The minimum atomic E-state index is -1.49. The summed E-state index contributed by atoms with van der Waals surface area (Å²) in [5, 5.41) is 10.1. The van der Waals surface area contributed by atoms with E-state index in [4.69, 9.17) is 14.2 Å². The molecule has 6 nitrogen and oxygen atoms in total. The van der Waals surface area contributed by atoms with E-state index in [2.05, 4.69) is 0 Å². The largest absolute Gasteiger partial charge is 0.501 e. The third kappa shape index (κ3) is 3.76. The van der Waals surface area contributed by atoms with Gasteiger partial charge in [-0.15, -0.1) is 0 Å². The zero-order valence-electron chi connectivity index (χ0n) is 13.9. The van der Waals surface area contributed by atoms with Crippen molar-refractivity contribution in [3.8, 4) is 0 Å². The van der Waals surface area contributed by atoms with Gasteiger partial charge in [-0.3, -0.25) is 4.79 Å². The SMILES string of the molecule is CCCCOC(=O)CCC1(OC)OC(=O)C(O)=C1c1ccccc1. The molecule has 130 valence electrons. The number of cyclic esters (lactones) is 1. The van der Waals surface area contributed by atoms with Crippen LogP contribution in [0.2, 0.25) is 0 Å². The fourth-order valence-electron chi connectivity index (χ4n) is 2.58. The van der Waals surface area contributed by atoms with E-state index < -0.39 is 23.5 Å². The number of unbranched alkanes of at least 4 members (excludes halogenated alkanes) is 1. The van der Waals surface area contributed by atoms with E-state index in [1.807, 2.05) is 13.0 Å². The molecule has 24 heavy (non-hydrogen) atoms. The Kier molecular flexibility index (Phi) is 5.98. The number of carbonyl (C=O) groups is 2. The molecule has 0 bridgehead atoms. The molecule has 1 aliphatic rings. The number of methoxy groups -OCH3 is 1. The van der Waals surface area contributed by atoms with Crippen LogP contribution in [0.3, 0.4) is 0 Å². The highest BCUT2D eigenvalue weighted by molar-refractivity contribution is 6.01. The number of hydrogen-bond donors (Lipinski definition) is 1. The van der Waals surface area contributed by atoms with Gasteiger partial charge in [0.25, 0.3) is 0 Å². The van der Waals surface area contributed by atoms with Gasteiger partial charge in [0.05, 0.1) is 18.6 Å². The number of aliphatic hydroxyl groups excluding tert-OH is 1. The number of esters is 2. The average molecular weight is 334 g/mol. The zero-order valence-corrected chi connectivity index (χ0v) is 13.9. The summed E-state index contributed by atoms with van der Waals surface area (Å²) in [5.41, 5.74) is 0.832. The number of hydrogen-bond acceptors (Lipinski definition) is 6. The second-order valence-electron chi connectivity index (χ2n) is 5.51. The quantitative estimate of drug-likeness (QED) is 0.581. The van der Waals surface area contributed by atoms with Gasteiger partial charge in [-0.05, 0) is 12.0 Å². The lowest BCUT2D eigenvalue weighted by molar-refractivity contribution is -0.190. The molecule has 6 heteroatoms. The Balaban J connectivity index is 2.18. The molecule has 1 heterocycles. The van der Waals surface area contributed by atoms with Crippen LogP contribution in [0, 0.1) is 0 Å². The van der Waals surface area contributed by atoms with Crippen molar-refractivity contribution < 1.29 is 28.9 Å². The Labute approximate surface area is 141 Å². The number of rotatable bonds is 8. The Bertz CT molecular complexity index is 622. The molecule has 0 spiro atoms. The van der Waals surface area contributed by atoms with E-state index in [0.717, 1.165) is 12.8 Å². The number of carbonyl (C=O) groups excluding carboxylic acids is 2. The van der Waals surface area contributed by atoms with Crippen molar-refractivity contribution in [2.45, 2.75) is 38.4 Å². The topological polar surface area (TPSA) is 82.1 Å². The van der Waals surface area contributed by atoms with E-state index in [1.165, 1.54) is 7.11 Å². The van der Waals surface area contributed by atoms with Gasteiger partial charge in [-0.25, -0.2) is 4.79 Å². The van der Waals surface area contributed by atoms with Gasteiger partial charge in [0.15, 0.2) is 0 Å². The summed E-state index contributed by atoms with van der Waals surface area (Å²) in [6.07, 6.45) is 1.80. The van der Waals surface area contributed by atoms with Gasteiger partial charge < -0.3 is 19.3 Å². The van der Waals surface area contributed by atoms with E-state index in [9.17, 15) is 14.7 Å². The molecule has 1 unspecified atom stereocenters. The summed E-state index contributed by atoms with van der Waals surface area (Å²) >= 11 is 0. The molecule has 1 aromatic rings. The molecular formula is C18H22O6. The highest BCUT2D eigenvalue weighted by Crippen LogP contribution is 2.42. The number of aliphatic hydroxyl groups is 1. The highest BCUT2D eigenvalue weighted by Gasteiger charge is 2.49. The first kappa shape index (κ1) is 18.0. The maximum Gasteiger partial charge on any atom is 0.376 e. The third-order valence-electron chi connectivity index (χ3n) is 3.88. The van der Waals surface area contributed by atoms with Crippen molar-refractivity contribution in [3.05, 3.63) is 41.7 Å². The second-order valence-corrected chi connectivity index (χ2v) is 5.51. The van der Waals surface area contributed by atoms with Gasteiger partial charge in [-0.2, -0.15) is 0 Å². The van der Waals surface area contributed by atoms with Crippen molar-refractivity contribution in [2.75, 3.05) is 13.7 Å². The fourth-order valence-corrected chi connectivity index (χ4v) is 2.58. The van der Waals surface area contributed by atoms with Crippen LogP contribution in [0.5, 0.6) is 0 Å². The molecule has 0 amide bonds. The number of ether oxygens (including phenoxy) is 3. The van der Waals surface area contributed by atoms with Crippen LogP contribution in [0.1, 0.15) is 38.2 Å². The first-order valence-corrected chi connectivity index (χ1v) is 7.97. The molecule has 1 N–H and O–H groups in total. The third-order valence-corrected chi connectivity index (χ3v) is 3.88. The van der Waals surface area contributed by atoms with Crippen molar-refractivity contribution in [2.24, 2.45) is 0 Å². The van der Waals surface area contributed by atoms with Crippen LogP contribution < -0.4 is 0 Å². The summed E-state index contributed by atoms with van der Waals surface area (Å²) in [7, 11) is 1.37. The second kappa shape index (κ2) is 7.97. The van der Waals surface area contributed by atoms with E-state index in [1.54, 1.807) is 24.3 Å². The molecule has 1 aliphatic heterocycles. The maximum atomic E-state index is 11.9. The van der Waals surface area contributed by atoms with Gasteiger partial charge >= 0.3 is 11.9 Å². The lowest BCUT2D eigenvalue weighted by atomic mass is 9.94. The maximum absolute atomic E-state index is 11.9. The summed E-state index contributed by atoms with van der Waals surface area (Å²) in [5.74, 6) is -3.25. The smallest absolute Gasteiger partial charge is 0.376 e. The standard InChI is InChI=1S/C18H22O6/c1-3-4-12-23-14(19)10-11-18(22-2)15(16(20)17(21)24-18)13-8-6-5-7-9-13/h5-9,20H,3-4,10-12H2,1-2H3. The van der Waals surface area contributed by atoms with Gasteiger partial charge in [0.1, 0.15) is 0 Å². The lowest BCUT2D eigenvalue weighted by Gasteiger charge is -2.28. The van der Waals surface area contributed by atoms with Gasteiger partial charge in [-0.1, -0.05) is 43.7 Å². The monoisotopic (exact) mass is 334 g/mol. The molecule has 0 aromatic heterocycles. The molecule has 0 aliphatic carbocycles. The van der Waals surface area contributed by atoms with Crippen LogP contribution in [0.15, 0.2) is 36.1 Å². The Morgan fingerprint density at radius 1 is 1.29 bits per heavy atom. The molecule has 1 atom stereocenters. The predicted octanol–water partition coefficient (Wildman–Crippen LogP) is 2.98. The van der Waals surface area contributed by atoms with Crippen molar-refractivity contribution in [1.29, 1.82) is 0 Å². The van der Waals surface area contributed by atoms with Crippen LogP contribution >= 0.6 is 0 Å². The number of benzene rings is 1. The summed E-state index contributed by atoms with van der Waals surface area (Å²) in [6.45, 7) is 2.37. The lowest BCUT2D eigenvalue weighted by Crippen LogP contribution is -2.34. The van der Waals surface area contributed by atoms with Crippen molar-refractivity contribution in [3.63, 3.8) is 0 Å². The molecule has 0 radical (unpaired) electrons. The molecule has 2 rings (SSSR count). The van der Waals surface area contributed by atoms with Crippen LogP contribution in [0.25, 0.3) is 5.57 Å². The van der Waals surface area contributed by atoms with Crippen LogP contribution in [0.4, 0.5) is 0 Å².